The second kappa shape index (κ2) is 9.01. The van der Waals surface area contributed by atoms with Crippen LogP contribution in [0, 0.1) is 0 Å². The van der Waals surface area contributed by atoms with E-state index in [-0.39, 0.29) is 32.0 Å². The number of amides is 3. The summed E-state index contributed by atoms with van der Waals surface area (Å²) in [4.78, 5) is 34.1. The van der Waals surface area contributed by atoms with Gasteiger partial charge >= 0.3 is 22.3 Å². The molecule has 2 rings (SSSR count). The number of hydrogen-bond donors (Lipinski definition) is 3. The molecule has 144 valence electrons. The van der Waals surface area contributed by atoms with E-state index in [1.54, 1.807) is 11.5 Å². The van der Waals surface area contributed by atoms with Crippen molar-refractivity contribution in [2.75, 3.05) is 6.61 Å². The standard InChI is InChI=1S/C13H15N3O8S.CH4/c14-12(18)22-5-4-10-11(17)16-24-25(20,21)9-3-1-2-8(6-9)7-23-13(19)15-10;/h1-3,6,10H,4-5,7H2,(H2,14,18)(H,15,19)(H,16,17);1H4/t10-;/m0./s1. The maximum Gasteiger partial charge on any atom is 0.408 e. The highest BCUT2D eigenvalue weighted by Gasteiger charge is 2.26. The third kappa shape index (κ3) is 5.89. The Morgan fingerprint density at radius 2 is 2.08 bits per heavy atom. The molecule has 0 spiro atoms. The van der Waals surface area contributed by atoms with E-state index in [0.717, 1.165) is 0 Å². The van der Waals surface area contributed by atoms with E-state index >= 15 is 0 Å². The molecule has 1 aliphatic heterocycles. The van der Waals surface area contributed by atoms with Gasteiger partial charge in [0.05, 0.1) is 11.5 Å². The van der Waals surface area contributed by atoms with Gasteiger partial charge in [-0.15, -0.1) is 4.28 Å². The van der Waals surface area contributed by atoms with E-state index in [1.807, 2.05) is 0 Å². The van der Waals surface area contributed by atoms with Gasteiger partial charge in [-0.05, 0) is 17.7 Å². The molecule has 1 aromatic carbocycles. The number of benzene rings is 1. The summed E-state index contributed by atoms with van der Waals surface area (Å²) in [5, 5.41) is 2.21. The number of cyclic esters (lactones) is 1. The van der Waals surface area contributed by atoms with Crippen LogP contribution in [0.15, 0.2) is 29.2 Å². The molecule has 0 radical (unpaired) electrons. The average Bonchev–Trinajstić information content (AvgIpc) is 2.56. The van der Waals surface area contributed by atoms with Crippen LogP contribution in [0.4, 0.5) is 9.59 Å². The first kappa shape index (κ1) is 21.2. The largest absolute Gasteiger partial charge is 0.450 e. The van der Waals surface area contributed by atoms with Crippen molar-refractivity contribution in [1.29, 1.82) is 0 Å². The number of alkyl carbamates (subject to hydrolysis) is 1. The lowest BCUT2D eigenvalue weighted by molar-refractivity contribution is -0.130. The van der Waals surface area contributed by atoms with Crippen LogP contribution in [-0.2, 0) is 35.3 Å². The minimum absolute atomic E-state index is 0. The molecule has 1 aromatic rings. The Kier molecular flexibility index (Phi) is 7.34. The molecule has 0 saturated heterocycles. The number of carbonyl (C=O) groups excluding carboxylic acids is 3. The summed E-state index contributed by atoms with van der Waals surface area (Å²) in [7, 11) is -4.26. The van der Waals surface area contributed by atoms with Crippen LogP contribution in [0.1, 0.15) is 19.4 Å². The molecule has 1 atom stereocenters. The van der Waals surface area contributed by atoms with Gasteiger partial charge in [0.15, 0.2) is 0 Å². The van der Waals surface area contributed by atoms with E-state index in [0.29, 0.717) is 5.56 Å². The van der Waals surface area contributed by atoms with Crippen molar-refractivity contribution in [3.05, 3.63) is 29.8 Å². The SMILES string of the molecule is C.NC(=O)OCC[C@@H]1NC(=O)OCc2cccc(c2)S(=O)(=O)ONC1=O. The zero-order chi connectivity index (χ0) is 18.4. The molecule has 1 aliphatic rings. The highest BCUT2D eigenvalue weighted by molar-refractivity contribution is 7.86. The molecular weight excluding hydrogens is 370 g/mol. The molecule has 12 heteroatoms. The summed E-state index contributed by atoms with van der Waals surface area (Å²) in [6.45, 7) is -0.513. The number of ether oxygens (including phenoxy) is 2. The molecule has 2 bridgehead atoms. The molecule has 0 saturated carbocycles. The van der Waals surface area contributed by atoms with E-state index < -0.39 is 34.3 Å². The van der Waals surface area contributed by atoms with Crippen LogP contribution >= 0.6 is 0 Å². The first-order valence-corrected chi connectivity index (χ1v) is 8.36. The number of nitrogens with one attached hydrogen (secondary N) is 2. The fourth-order valence-corrected chi connectivity index (χ4v) is 2.71. The molecule has 0 fully saturated rings. The van der Waals surface area contributed by atoms with Gasteiger partial charge in [0.1, 0.15) is 12.6 Å². The normalized spacial score (nSPS) is 19.3. The maximum atomic E-state index is 12.1. The third-order valence-corrected chi connectivity index (χ3v) is 4.20. The molecule has 0 aliphatic carbocycles. The van der Waals surface area contributed by atoms with Crippen molar-refractivity contribution in [3.63, 3.8) is 0 Å². The van der Waals surface area contributed by atoms with Gasteiger partial charge in [0.2, 0.25) is 0 Å². The number of hydrogen-bond acceptors (Lipinski definition) is 8. The number of rotatable bonds is 3. The summed E-state index contributed by atoms with van der Waals surface area (Å²) in [6.07, 6.45) is -2.17. The first-order chi connectivity index (χ1) is 11.8. The summed E-state index contributed by atoms with van der Waals surface area (Å²) < 4.78 is 38.0. The minimum Gasteiger partial charge on any atom is -0.450 e. The van der Waals surface area contributed by atoms with Gasteiger partial charge < -0.3 is 20.5 Å². The Morgan fingerprint density at radius 1 is 1.35 bits per heavy atom. The highest BCUT2D eigenvalue weighted by atomic mass is 32.2. The van der Waals surface area contributed by atoms with E-state index in [1.165, 1.54) is 18.2 Å². The van der Waals surface area contributed by atoms with Crippen LogP contribution in [0.2, 0.25) is 0 Å². The van der Waals surface area contributed by atoms with Gasteiger partial charge in [-0.2, -0.15) is 8.42 Å². The van der Waals surface area contributed by atoms with Crippen molar-refractivity contribution < 1.29 is 36.6 Å². The van der Waals surface area contributed by atoms with Crippen LogP contribution in [0.25, 0.3) is 0 Å². The van der Waals surface area contributed by atoms with Crippen molar-refractivity contribution in [2.24, 2.45) is 5.73 Å². The van der Waals surface area contributed by atoms with Crippen LogP contribution in [-0.4, -0.2) is 39.2 Å². The summed E-state index contributed by atoms with van der Waals surface area (Å²) in [5.74, 6) is -0.981. The summed E-state index contributed by atoms with van der Waals surface area (Å²) >= 11 is 0. The lowest BCUT2D eigenvalue weighted by atomic mass is 10.2. The van der Waals surface area contributed by atoms with Crippen LogP contribution in [0.3, 0.4) is 0 Å². The summed E-state index contributed by atoms with van der Waals surface area (Å²) in [5.41, 5.74) is 6.94. The Bertz CT molecular complexity index is 780. The lowest BCUT2D eigenvalue weighted by Crippen LogP contribution is -2.48. The second-order valence-electron chi connectivity index (χ2n) is 4.88. The van der Waals surface area contributed by atoms with Crippen LogP contribution < -0.4 is 16.5 Å². The van der Waals surface area contributed by atoms with E-state index in [4.69, 9.17) is 10.5 Å². The minimum atomic E-state index is -4.26. The summed E-state index contributed by atoms with van der Waals surface area (Å²) in [6, 6.07) is 4.21. The number of carbonyl (C=O) groups is 3. The van der Waals surface area contributed by atoms with Crippen molar-refractivity contribution in [1.82, 2.24) is 10.8 Å². The second-order valence-corrected chi connectivity index (χ2v) is 6.43. The highest BCUT2D eigenvalue weighted by Crippen LogP contribution is 2.15. The molecule has 1 heterocycles. The predicted molar refractivity (Wildman–Crippen MR) is 86.8 cm³/mol. The Hall–Kier alpha value is -2.86. The molecule has 3 amide bonds. The third-order valence-electron chi connectivity index (χ3n) is 3.07. The van der Waals surface area contributed by atoms with Gasteiger partial charge in [-0.25, -0.2) is 15.1 Å². The first-order valence-electron chi connectivity index (χ1n) is 6.96. The smallest absolute Gasteiger partial charge is 0.408 e. The van der Waals surface area contributed by atoms with Crippen LogP contribution in [0.5, 0.6) is 0 Å². The topological polar surface area (TPSA) is 163 Å². The van der Waals surface area contributed by atoms with Crippen molar-refractivity contribution >= 4 is 28.2 Å². The lowest BCUT2D eigenvalue weighted by Gasteiger charge is -2.18. The Balaban J connectivity index is 0.00000338. The molecule has 0 aromatic heterocycles. The number of primary amides is 1. The average molecular weight is 389 g/mol. The number of nitrogens with two attached hydrogens (primary N) is 1. The molecule has 4 N–H and O–H groups in total. The van der Waals surface area contributed by atoms with Gasteiger partial charge in [-0.1, -0.05) is 19.6 Å². The van der Waals surface area contributed by atoms with E-state index in [2.05, 4.69) is 14.3 Å². The predicted octanol–water partition coefficient (Wildman–Crippen LogP) is 0.153. The Morgan fingerprint density at radius 3 is 2.77 bits per heavy atom. The molecule has 26 heavy (non-hydrogen) atoms. The maximum absolute atomic E-state index is 12.1. The number of hydroxylamine groups is 1. The van der Waals surface area contributed by atoms with Gasteiger partial charge in [0.25, 0.3) is 5.91 Å². The van der Waals surface area contributed by atoms with Crippen molar-refractivity contribution in [3.8, 4) is 0 Å². The quantitative estimate of drug-likeness (QED) is 0.658. The molecule has 0 unspecified atom stereocenters. The van der Waals surface area contributed by atoms with Gasteiger partial charge in [0, 0.05) is 6.42 Å². The zero-order valence-corrected chi connectivity index (χ0v) is 13.6. The number of fused-ring (bicyclic) bond motifs is 2. The fourth-order valence-electron chi connectivity index (χ4n) is 1.88. The Labute approximate surface area is 149 Å². The van der Waals surface area contributed by atoms with E-state index in [9.17, 15) is 22.8 Å². The van der Waals surface area contributed by atoms with Gasteiger partial charge in [-0.3, -0.25) is 4.79 Å². The monoisotopic (exact) mass is 389 g/mol. The zero-order valence-electron chi connectivity index (χ0n) is 12.8. The fraction of sp³-hybridized carbons (Fsp3) is 0.357. The molecular formula is C14H19N3O8S. The molecule has 11 nitrogen and oxygen atoms in total. The van der Waals surface area contributed by atoms with Crippen molar-refractivity contribution in [2.45, 2.75) is 31.4 Å².